The third-order valence-electron chi connectivity index (χ3n) is 3.51. The van der Waals surface area contributed by atoms with Gasteiger partial charge in [-0.2, -0.15) is 0 Å². The summed E-state index contributed by atoms with van der Waals surface area (Å²) in [5, 5.41) is 8.12. The van der Waals surface area contributed by atoms with E-state index in [2.05, 4.69) is 34.8 Å². The zero-order valence-electron chi connectivity index (χ0n) is 14.9. The second-order valence-electron chi connectivity index (χ2n) is 6.21. The number of benzene rings is 1. The SMILES string of the molecule is CN=C(NCC(=O)Nc1ccc(F)c(F)c1F)NC(C)CCC(C)C. The molecule has 0 heterocycles. The van der Waals surface area contributed by atoms with Gasteiger partial charge in [-0.25, -0.2) is 13.2 Å². The molecule has 1 aromatic rings. The van der Waals surface area contributed by atoms with Crippen molar-refractivity contribution in [3.63, 3.8) is 0 Å². The number of hydrogen-bond donors (Lipinski definition) is 3. The molecule has 0 spiro atoms. The first-order chi connectivity index (χ1) is 11.7. The molecule has 0 radical (unpaired) electrons. The van der Waals surface area contributed by atoms with E-state index in [1.807, 2.05) is 6.92 Å². The Morgan fingerprint density at radius 1 is 1.12 bits per heavy atom. The number of rotatable bonds is 7. The lowest BCUT2D eigenvalue weighted by Crippen LogP contribution is -2.45. The molecule has 0 aliphatic heterocycles. The lowest BCUT2D eigenvalue weighted by atomic mass is 10.0. The van der Waals surface area contributed by atoms with Crippen LogP contribution in [-0.4, -0.2) is 31.5 Å². The second kappa shape index (κ2) is 9.90. The van der Waals surface area contributed by atoms with Crippen LogP contribution in [0.15, 0.2) is 17.1 Å². The third kappa shape index (κ3) is 7.03. The molecule has 1 unspecified atom stereocenters. The number of amides is 1. The second-order valence-corrected chi connectivity index (χ2v) is 6.21. The normalized spacial score (nSPS) is 12.9. The summed E-state index contributed by atoms with van der Waals surface area (Å²) in [5.41, 5.74) is -0.418. The van der Waals surface area contributed by atoms with Crippen LogP contribution in [0, 0.1) is 23.4 Å². The summed E-state index contributed by atoms with van der Waals surface area (Å²) in [6.07, 6.45) is 2.01. The minimum absolute atomic E-state index is 0.167. The molecule has 1 aromatic carbocycles. The van der Waals surface area contributed by atoms with Gasteiger partial charge in [-0.1, -0.05) is 13.8 Å². The summed E-state index contributed by atoms with van der Waals surface area (Å²) in [6.45, 7) is 6.09. The molecule has 1 rings (SSSR count). The fraction of sp³-hybridized carbons (Fsp3) is 0.529. The molecule has 8 heteroatoms. The van der Waals surface area contributed by atoms with Crippen molar-refractivity contribution in [2.45, 2.75) is 39.7 Å². The van der Waals surface area contributed by atoms with Crippen LogP contribution >= 0.6 is 0 Å². The number of nitrogens with one attached hydrogen (secondary N) is 3. The molecule has 25 heavy (non-hydrogen) atoms. The summed E-state index contributed by atoms with van der Waals surface area (Å²) in [4.78, 5) is 15.9. The molecule has 0 aliphatic carbocycles. The van der Waals surface area contributed by atoms with Crippen molar-refractivity contribution in [1.29, 1.82) is 0 Å². The molecule has 1 amide bonds. The smallest absolute Gasteiger partial charge is 0.243 e. The first-order valence-corrected chi connectivity index (χ1v) is 8.15. The molecule has 3 N–H and O–H groups in total. The maximum Gasteiger partial charge on any atom is 0.243 e. The van der Waals surface area contributed by atoms with Crippen LogP contribution in [0.5, 0.6) is 0 Å². The van der Waals surface area contributed by atoms with Crippen molar-refractivity contribution in [3.05, 3.63) is 29.6 Å². The monoisotopic (exact) mass is 358 g/mol. The zero-order valence-corrected chi connectivity index (χ0v) is 14.9. The molecular formula is C17H25F3N4O. The fourth-order valence-electron chi connectivity index (χ4n) is 2.06. The largest absolute Gasteiger partial charge is 0.354 e. The van der Waals surface area contributed by atoms with Gasteiger partial charge in [0.2, 0.25) is 5.91 Å². The highest BCUT2D eigenvalue weighted by atomic mass is 19.2. The number of anilines is 1. The van der Waals surface area contributed by atoms with Crippen molar-refractivity contribution in [2.24, 2.45) is 10.9 Å². The van der Waals surface area contributed by atoms with E-state index in [1.54, 1.807) is 7.05 Å². The Morgan fingerprint density at radius 2 is 1.80 bits per heavy atom. The van der Waals surface area contributed by atoms with Crippen molar-refractivity contribution < 1.29 is 18.0 Å². The van der Waals surface area contributed by atoms with E-state index < -0.39 is 29.0 Å². The van der Waals surface area contributed by atoms with Gasteiger partial charge in [0.15, 0.2) is 23.4 Å². The van der Waals surface area contributed by atoms with Crippen molar-refractivity contribution in [3.8, 4) is 0 Å². The van der Waals surface area contributed by atoms with Gasteiger partial charge in [-0.3, -0.25) is 9.79 Å². The molecule has 5 nitrogen and oxygen atoms in total. The molecule has 0 aliphatic rings. The third-order valence-corrected chi connectivity index (χ3v) is 3.51. The van der Waals surface area contributed by atoms with E-state index in [0.29, 0.717) is 11.9 Å². The van der Waals surface area contributed by atoms with Crippen LogP contribution in [0.1, 0.15) is 33.6 Å². The standard InChI is InChI=1S/C17H25F3N4O/c1-10(2)5-6-11(3)23-17(21-4)22-9-14(25)24-13-8-7-12(18)15(19)16(13)20/h7-8,10-11H,5-6,9H2,1-4H3,(H,24,25)(H2,21,22,23). The van der Waals surface area contributed by atoms with E-state index in [4.69, 9.17) is 0 Å². The Labute approximate surface area is 146 Å². The van der Waals surface area contributed by atoms with E-state index in [-0.39, 0.29) is 12.6 Å². The molecule has 0 bridgehead atoms. The maximum atomic E-state index is 13.5. The topological polar surface area (TPSA) is 65.5 Å². The van der Waals surface area contributed by atoms with Gasteiger partial charge < -0.3 is 16.0 Å². The number of nitrogens with zero attached hydrogens (tertiary/aromatic N) is 1. The first-order valence-electron chi connectivity index (χ1n) is 8.15. The van der Waals surface area contributed by atoms with Crippen LogP contribution < -0.4 is 16.0 Å². The highest BCUT2D eigenvalue weighted by molar-refractivity contribution is 5.95. The summed E-state index contributed by atoms with van der Waals surface area (Å²) in [7, 11) is 1.57. The minimum Gasteiger partial charge on any atom is -0.354 e. The van der Waals surface area contributed by atoms with Gasteiger partial charge >= 0.3 is 0 Å². The van der Waals surface area contributed by atoms with Crippen LogP contribution in [0.25, 0.3) is 0 Å². The Kier molecular flexibility index (Phi) is 8.24. The molecular weight excluding hydrogens is 333 g/mol. The van der Waals surface area contributed by atoms with Crippen molar-refractivity contribution in [1.82, 2.24) is 10.6 Å². The van der Waals surface area contributed by atoms with Gasteiger partial charge in [-0.05, 0) is 37.8 Å². The van der Waals surface area contributed by atoms with Crippen molar-refractivity contribution >= 4 is 17.6 Å². The molecule has 0 aromatic heterocycles. The highest BCUT2D eigenvalue weighted by Gasteiger charge is 2.15. The lowest BCUT2D eigenvalue weighted by Gasteiger charge is -2.18. The van der Waals surface area contributed by atoms with Gasteiger partial charge in [0.05, 0.1) is 12.2 Å². The van der Waals surface area contributed by atoms with E-state index in [1.165, 1.54) is 0 Å². The number of carbonyl (C=O) groups is 1. The Morgan fingerprint density at radius 3 is 2.40 bits per heavy atom. The van der Waals surface area contributed by atoms with Gasteiger partial charge in [0.1, 0.15) is 0 Å². The number of carbonyl (C=O) groups excluding carboxylic acids is 1. The Balaban J connectivity index is 2.50. The fourth-order valence-corrected chi connectivity index (χ4v) is 2.06. The van der Waals surface area contributed by atoms with Gasteiger partial charge in [-0.15, -0.1) is 0 Å². The summed E-state index contributed by atoms with van der Waals surface area (Å²) in [5.74, 6) is -3.95. The molecule has 1 atom stereocenters. The lowest BCUT2D eigenvalue weighted by molar-refractivity contribution is -0.115. The van der Waals surface area contributed by atoms with E-state index >= 15 is 0 Å². The molecule has 0 saturated carbocycles. The molecule has 0 saturated heterocycles. The van der Waals surface area contributed by atoms with Crippen molar-refractivity contribution in [2.75, 3.05) is 18.9 Å². The number of halogens is 3. The predicted molar refractivity (Wildman–Crippen MR) is 93.0 cm³/mol. The first kappa shape index (κ1) is 20.8. The quantitative estimate of drug-likeness (QED) is 0.399. The Hall–Kier alpha value is -2.25. The van der Waals surface area contributed by atoms with Crippen LogP contribution in [0.3, 0.4) is 0 Å². The zero-order chi connectivity index (χ0) is 19.0. The summed E-state index contributed by atoms with van der Waals surface area (Å²) >= 11 is 0. The number of aliphatic imine (C=N–C) groups is 1. The average molecular weight is 358 g/mol. The summed E-state index contributed by atoms with van der Waals surface area (Å²) < 4.78 is 39.5. The minimum atomic E-state index is -1.62. The predicted octanol–water partition coefficient (Wildman–Crippen LogP) is 3.03. The van der Waals surface area contributed by atoms with E-state index in [0.717, 1.165) is 25.0 Å². The number of hydrogen-bond acceptors (Lipinski definition) is 2. The average Bonchev–Trinajstić information content (AvgIpc) is 2.57. The van der Waals surface area contributed by atoms with E-state index in [9.17, 15) is 18.0 Å². The van der Waals surface area contributed by atoms with Crippen LogP contribution in [0.4, 0.5) is 18.9 Å². The Bertz CT molecular complexity index is 620. The maximum absolute atomic E-state index is 13.5. The number of guanidine groups is 1. The highest BCUT2D eigenvalue weighted by Crippen LogP contribution is 2.19. The van der Waals surface area contributed by atoms with Crippen LogP contribution in [-0.2, 0) is 4.79 Å². The molecule has 0 fully saturated rings. The molecule has 140 valence electrons. The summed E-state index contributed by atoms with van der Waals surface area (Å²) in [6, 6.07) is 1.88. The van der Waals surface area contributed by atoms with Gasteiger partial charge in [0, 0.05) is 13.1 Å². The van der Waals surface area contributed by atoms with Crippen LogP contribution in [0.2, 0.25) is 0 Å². The van der Waals surface area contributed by atoms with Gasteiger partial charge in [0.25, 0.3) is 0 Å².